The Balaban J connectivity index is 2.84. The van der Waals surface area contributed by atoms with E-state index in [4.69, 9.17) is 14.2 Å². The third-order valence-electron chi connectivity index (χ3n) is 2.74. The summed E-state index contributed by atoms with van der Waals surface area (Å²) in [5.41, 5.74) is -0.319. The number of hydrogen-bond donors (Lipinski definition) is 0. The zero-order valence-corrected chi connectivity index (χ0v) is 13.3. The minimum atomic E-state index is -1.08. The van der Waals surface area contributed by atoms with Crippen molar-refractivity contribution in [2.45, 2.75) is 26.4 Å². The maximum atomic E-state index is 11.5. The average Bonchev–Trinajstić information content (AvgIpc) is 2.46. The minimum Gasteiger partial charge on any atom is -0.493 e. The molecule has 6 nitrogen and oxygen atoms in total. The van der Waals surface area contributed by atoms with Crippen LogP contribution < -0.4 is 9.47 Å². The highest BCUT2D eigenvalue weighted by Crippen LogP contribution is 2.28. The molecule has 0 aromatic heterocycles. The van der Waals surface area contributed by atoms with Gasteiger partial charge in [0.2, 0.25) is 0 Å². The lowest BCUT2D eigenvalue weighted by molar-refractivity contribution is -0.159. The van der Waals surface area contributed by atoms with Gasteiger partial charge in [0.05, 0.1) is 20.5 Å². The van der Waals surface area contributed by atoms with Gasteiger partial charge in [-0.05, 0) is 37.6 Å². The number of ether oxygens (including phenoxy) is 4. The molecule has 1 aromatic carbocycles. The Kier molecular flexibility index (Phi) is 5.98. The van der Waals surface area contributed by atoms with Gasteiger partial charge in [-0.1, -0.05) is 6.07 Å². The molecule has 1 aromatic rings. The van der Waals surface area contributed by atoms with Gasteiger partial charge in [-0.25, -0.2) is 4.79 Å². The highest BCUT2D eigenvalue weighted by molar-refractivity contribution is 5.78. The van der Waals surface area contributed by atoms with Crippen molar-refractivity contribution in [1.82, 2.24) is 0 Å². The normalized spacial score (nSPS) is 11.1. The van der Waals surface area contributed by atoms with Gasteiger partial charge in [-0.2, -0.15) is 0 Å². The molecule has 0 bridgehead atoms. The number of benzene rings is 1. The summed E-state index contributed by atoms with van der Waals surface area (Å²) in [5, 5.41) is 0. The highest BCUT2D eigenvalue weighted by Gasteiger charge is 2.29. The van der Waals surface area contributed by atoms with E-state index in [1.807, 2.05) is 0 Å². The molecule has 0 aliphatic rings. The van der Waals surface area contributed by atoms with Crippen LogP contribution in [0.25, 0.3) is 6.08 Å². The van der Waals surface area contributed by atoms with Crippen LogP contribution in [0.2, 0.25) is 0 Å². The zero-order valence-electron chi connectivity index (χ0n) is 13.3. The second-order valence-corrected chi connectivity index (χ2v) is 4.93. The molecule has 120 valence electrons. The van der Waals surface area contributed by atoms with E-state index >= 15 is 0 Å². The van der Waals surface area contributed by atoms with Crippen molar-refractivity contribution in [2.75, 3.05) is 14.2 Å². The van der Waals surface area contributed by atoms with E-state index in [0.717, 1.165) is 5.56 Å². The number of hydrogen-bond acceptors (Lipinski definition) is 6. The maximum absolute atomic E-state index is 11.5. The summed E-state index contributed by atoms with van der Waals surface area (Å²) in [4.78, 5) is 22.5. The largest absolute Gasteiger partial charge is 0.493 e. The first kappa shape index (κ1) is 17.6. The number of carbonyl (C=O) groups is 2. The van der Waals surface area contributed by atoms with Crippen LogP contribution in [0, 0.1) is 0 Å². The molecule has 1 rings (SSSR count). The van der Waals surface area contributed by atoms with Crippen LogP contribution in [0.3, 0.4) is 0 Å². The minimum absolute atomic E-state index is 0.336. The molecule has 0 radical (unpaired) electrons. The van der Waals surface area contributed by atoms with Gasteiger partial charge < -0.3 is 18.9 Å². The Labute approximate surface area is 129 Å². The summed E-state index contributed by atoms with van der Waals surface area (Å²) in [6, 6.07) is 5.03. The molecule has 0 saturated carbocycles. The Morgan fingerprint density at radius 2 is 1.82 bits per heavy atom. The van der Waals surface area contributed by atoms with E-state index < -0.39 is 17.5 Å². The number of carbonyl (C=O) groups excluding carboxylic acids is 2. The lowest BCUT2D eigenvalue weighted by Gasteiger charge is -2.20. The van der Waals surface area contributed by atoms with E-state index in [-0.39, 0.29) is 0 Å². The summed E-state index contributed by atoms with van der Waals surface area (Å²) in [7, 11) is 2.78. The first-order valence-electron chi connectivity index (χ1n) is 6.59. The predicted molar refractivity (Wildman–Crippen MR) is 80.5 cm³/mol. The number of methoxy groups -OCH3 is 2. The molecule has 0 fully saturated rings. The molecule has 0 spiro atoms. The van der Waals surface area contributed by atoms with Crippen molar-refractivity contribution in [1.29, 1.82) is 0 Å². The monoisotopic (exact) mass is 308 g/mol. The quantitative estimate of drug-likeness (QED) is 0.457. The zero-order chi connectivity index (χ0) is 16.8. The van der Waals surface area contributed by atoms with E-state index in [2.05, 4.69) is 4.74 Å². The Morgan fingerprint density at radius 3 is 2.36 bits per heavy atom. The van der Waals surface area contributed by atoms with Gasteiger partial charge in [0.1, 0.15) is 0 Å². The SMILES string of the molecule is COC(=O)C(C)(C)OC=Cc1ccc(OC(C)=O)c(OC)c1. The van der Waals surface area contributed by atoms with Gasteiger partial charge >= 0.3 is 11.9 Å². The molecule has 0 atom stereocenters. The lowest BCUT2D eigenvalue weighted by atomic mass is 10.1. The average molecular weight is 308 g/mol. The first-order chi connectivity index (χ1) is 10.3. The van der Waals surface area contributed by atoms with Crippen LogP contribution in [0.1, 0.15) is 26.3 Å². The molecule has 0 unspecified atom stereocenters. The van der Waals surface area contributed by atoms with Gasteiger partial charge in [0, 0.05) is 6.92 Å². The van der Waals surface area contributed by atoms with E-state index in [9.17, 15) is 9.59 Å². The van der Waals surface area contributed by atoms with Gasteiger partial charge in [-0.3, -0.25) is 4.79 Å². The molecule has 0 aliphatic heterocycles. The van der Waals surface area contributed by atoms with Crippen molar-refractivity contribution in [3.8, 4) is 11.5 Å². The Morgan fingerprint density at radius 1 is 1.14 bits per heavy atom. The second-order valence-electron chi connectivity index (χ2n) is 4.93. The van der Waals surface area contributed by atoms with Crippen LogP contribution in [-0.2, 0) is 19.1 Å². The lowest BCUT2D eigenvalue weighted by Crippen LogP contribution is -2.34. The van der Waals surface area contributed by atoms with Crippen molar-refractivity contribution in [3.05, 3.63) is 30.0 Å². The molecule has 0 N–H and O–H groups in total. The number of rotatable bonds is 6. The second kappa shape index (κ2) is 7.49. The van der Waals surface area contributed by atoms with Crippen molar-refractivity contribution in [2.24, 2.45) is 0 Å². The van der Waals surface area contributed by atoms with Crippen LogP contribution in [0.4, 0.5) is 0 Å². The molecule has 0 heterocycles. The third kappa shape index (κ3) is 4.80. The smallest absolute Gasteiger partial charge is 0.349 e. The van der Waals surface area contributed by atoms with E-state index in [1.54, 1.807) is 38.1 Å². The fourth-order valence-electron chi connectivity index (χ4n) is 1.60. The molecule has 0 aliphatic carbocycles. The summed E-state index contributed by atoms with van der Waals surface area (Å²) in [5.74, 6) is -0.141. The third-order valence-corrected chi connectivity index (χ3v) is 2.74. The van der Waals surface area contributed by atoms with Crippen LogP contribution in [0.15, 0.2) is 24.5 Å². The fourth-order valence-corrected chi connectivity index (χ4v) is 1.60. The molecular formula is C16H20O6. The van der Waals surface area contributed by atoms with Crippen LogP contribution >= 0.6 is 0 Å². The van der Waals surface area contributed by atoms with Gasteiger partial charge in [0.15, 0.2) is 17.1 Å². The molecule has 0 saturated heterocycles. The molecule has 22 heavy (non-hydrogen) atoms. The van der Waals surface area contributed by atoms with Gasteiger partial charge in [0.25, 0.3) is 0 Å². The topological polar surface area (TPSA) is 71.1 Å². The van der Waals surface area contributed by atoms with Crippen molar-refractivity contribution >= 4 is 18.0 Å². The van der Waals surface area contributed by atoms with Crippen molar-refractivity contribution < 1.29 is 28.5 Å². The Hall–Kier alpha value is -2.50. The molecular weight excluding hydrogens is 288 g/mol. The van der Waals surface area contributed by atoms with Gasteiger partial charge in [-0.15, -0.1) is 0 Å². The van der Waals surface area contributed by atoms with Crippen LogP contribution in [0.5, 0.6) is 11.5 Å². The molecule has 6 heteroatoms. The van der Waals surface area contributed by atoms with E-state index in [0.29, 0.717) is 11.5 Å². The standard InChI is InChI=1S/C16H20O6/c1-11(17)22-13-7-6-12(10-14(13)19-4)8-9-21-16(2,3)15(18)20-5/h6-10H,1-5H3. The van der Waals surface area contributed by atoms with Crippen molar-refractivity contribution in [3.63, 3.8) is 0 Å². The fraction of sp³-hybridized carbons (Fsp3) is 0.375. The summed E-state index contributed by atoms with van der Waals surface area (Å²) in [6.45, 7) is 4.52. The Bertz CT molecular complexity index is 574. The predicted octanol–water partition coefficient (Wildman–Crippen LogP) is 2.56. The molecule has 0 amide bonds. The number of esters is 2. The van der Waals surface area contributed by atoms with Crippen LogP contribution in [-0.4, -0.2) is 31.8 Å². The summed E-state index contributed by atoms with van der Waals surface area (Å²) in [6.07, 6.45) is 3.06. The van der Waals surface area contributed by atoms with E-state index in [1.165, 1.54) is 27.4 Å². The summed E-state index contributed by atoms with van der Waals surface area (Å²) < 4.78 is 20.2. The first-order valence-corrected chi connectivity index (χ1v) is 6.59. The highest BCUT2D eigenvalue weighted by atomic mass is 16.6. The summed E-state index contributed by atoms with van der Waals surface area (Å²) >= 11 is 0. The maximum Gasteiger partial charge on any atom is 0.349 e.